The van der Waals surface area contributed by atoms with Gasteiger partial charge in [-0.05, 0) is 23.1 Å². The maximum absolute atomic E-state index is 11.1. The number of hydrogen-bond donors (Lipinski definition) is 1. The summed E-state index contributed by atoms with van der Waals surface area (Å²) in [5.41, 5.74) is 3.00. The Balaban J connectivity index is 2.21. The summed E-state index contributed by atoms with van der Waals surface area (Å²) >= 11 is 0. The summed E-state index contributed by atoms with van der Waals surface area (Å²) in [6.07, 6.45) is 2.70. The van der Waals surface area contributed by atoms with Crippen molar-refractivity contribution in [2.45, 2.75) is 12.8 Å². The molecule has 3 heteroatoms. The molecular formula is C12H10O3. The summed E-state index contributed by atoms with van der Waals surface area (Å²) in [6.45, 7) is 0. The van der Waals surface area contributed by atoms with Gasteiger partial charge in [0.1, 0.15) is 0 Å². The number of rotatable bonds is 3. The van der Waals surface area contributed by atoms with Gasteiger partial charge in [-0.1, -0.05) is 30.3 Å². The molecule has 76 valence electrons. The molecular weight excluding hydrogens is 192 g/mol. The van der Waals surface area contributed by atoms with E-state index in [-0.39, 0.29) is 6.42 Å². The van der Waals surface area contributed by atoms with Gasteiger partial charge in [0.2, 0.25) is 5.78 Å². The second-order valence-electron chi connectivity index (χ2n) is 3.50. The van der Waals surface area contributed by atoms with Gasteiger partial charge in [0.05, 0.1) is 0 Å². The van der Waals surface area contributed by atoms with E-state index in [0.717, 1.165) is 23.1 Å². The minimum Gasteiger partial charge on any atom is -0.475 e. The standard InChI is InChI=1S/C12H10O3/c13-11(12(14)15)7-9-6-5-8-3-1-2-4-10(8)9/h1-4,6H,5,7H2,(H,14,15). The average Bonchev–Trinajstić information content (AvgIpc) is 2.62. The third kappa shape index (κ3) is 1.81. The maximum Gasteiger partial charge on any atom is 0.372 e. The SMILES string of the molecule is O=C(O)C(=O)CC1=CCc2ccccc21. The van der Waals surface area contributed by atoms with Gasteiger partial charge < -0.3 is 5.11 Å². The molecule has 3 nitrogen and oxygen atoms in total. The van der Waals surface area contributed by atoms with Crippen molar-refractivity contribution >= 4 is 17.3 Å². The highest BCUT2D eigenvalue weighted by atomic mass is 16.4. The molecule has 1 aromatic rings. The van der Waals surface area contributed by atoms with Gasteiger partial charge in [0.15, 0.2) is 0 Å². The molecule has 1 aliphatic carbocycles. The zero-order valence-electron chi connectivity index (χ0n) is 8.06. The van der Waals surface area contributed by atoms with Crippen molar-refractivity contribution in [1.82, 2.24) is 0 Å². The fourth-order valence-electron chi connectivity index (χ4n) is 1.77. The fraction of sp³-hybridized carbons (Fsp3) is 0.167. The zero-order valence-corrected chi connectivity index (χ0v) is 8.06. The van der Waals surface area contributed by atoms with Crippen LogP contribution in [0.1, 0.15) is 17.5 Å². The highest BCUT2D eigenvalue weighted by Gasteiger charge is 2.19. The van der Waals surface area contributed by atoms with Gasteiger partial charge in [0, 0.05) is 6.42 Å². The highest BCUT2D eigenvalue weighted by Crippen LogP contribution is 2.29. The number of benzene rings is 1. The summed E-state index contributed by atoms with van der Waals surface area (Å²) in [4.78, 5) is 21.5. The lowest BCUT2D eigenvalue weighted by molar-refractivity contribution is -0.148. The van der Waals surface area contributed by atoms with Crippen molar-refractivity contribution < 1.29 is 14.7 Å². The number of Topliss-reactive ketones (excluding diaryl/α,β-unsaturated/α-hetero) is 1. The number of allylic oxidation sites excluding steroid dienone is 2. The van der Waals surface area contributed by atoms with E-state index in [0.29, 0.717) is 0 Å². The smallest absolute Gasteiger partial charge is 0.372 e. The number of carbonyl (C=O) groups excluding carboxylic acids is 1. The van der Waals surface area contributed by atoms with Gasteiger partial charge in [-0.25, -0.2) is 4.79 Å². The molecule has 0 bridgehead atoms. The number of fused-ring (bicyclic) bond motifs is 1. The average molecular weight is 202 g/mol. The first-order valence-electron chi connectivity index (χ1n) is 4.72. The summed E-state index contributed by atoms with van der Waals surface area (Å²) in [5.74, 6) is -2.11. The molecule has 0 saturated carbocycles. The zero-order chi connectivity index (χ0) is 10.8. The van der Waals surface area contributed by atoms with E-state index in [2.05, 4.69) is 0 Å². The maximum atomic E-state index is 11.1. The van der Waals surface area contributed by atoms with Crippen LogP contribution in [-0.2, 0) is 16.0 Å². The molecule has 0 heterocycles. The van der Waals surface area contributed by atoms with Crippen LogP contribution in [0.3, 0.4) is 0 Å². The molecule has 0 unspecified atom stereocenters. The lowest BCUT2D eigenvalue weighted by Crippen LogP contribution is -2.12. The van der Waals surface area contributed by atoms with Crippen molar-refractivity contribution in [2.24, 2.45) is 0 Å². The first-order valence-corrected chi connectivity index (χ1v) is 4.72. The predicted octanol–water partition coefficient (Wildman–Crippen LogP) is 1.67. The van der Waals surface area contributed by atoms with Crippen LogP contribution in [0, 0.1) is 0 Å². The van der Waals surface area contributed by atoms with Crippen LogP contribution in [0.5, 0.6) is 0 Å². The summed E-state index contributed by atoms with van der Waals surface area (Å²) < 4.78 is 0. The second-order valence-corrected chi connectivity index (χ2v) is 3.50. The number of hydrogen-bond acceptors (Lipinski definition) is 2. The monoisotopic (exact) mass is 202 g/mol. The van der Waals surface area contributed by atoms with Crippen LogP contribution in [-0.4, -0.2) is 16.9 Å². The quantitative estimate of drug-likeness (QED) is 0.758. The van der Waals surface area contributed by atoms with Crippen molar-refractivity contribution in [2.75, 3.05) is 0 Å². The summed E-state index contributed by atoms with van der Waals surface area (Å²) in [6, 6.07) is 7.74. The number of ketones is 1. The summed E-state index contributed by atoms with van der Waals surface area (Å²) in [7, 11) is 0. The molecule has 2 rings (SSSR count). The van der Waals surface area contributed by atoms with Crippen LogP contribution < -0.4 is 0 Å². The van der Waals surface area contributed by atoms with E-state index in [1.807, 2.05) is 30.3 Å². The van der Waals surface area contributed by atoms with Crippen LogP contribution in [0.15, 0.2) is 30.3 Å². The highest BCUT2D eigenvalue weighted by molar-refractivity contribution is 6.34. The van der Waals surface area contributed by atoms with Crippen LogP contribution >= 0.6 is 0 Å². The Labute approximate surface area is 87.0 Å². The Bertz CT molecular complexity index is 458. The van der Waals surface area contributed by atoms with E-state index < -0.39 is 11.8 Å². The number of aliphatic carboxylic acids is 1. The second kappa shape index (κ2) is 3.69. The van der Waals surface area contributed by atoms with Crippen LogP contribution in [0.4, 0.5) is 0 Å². The molecule has 15 heavy (non-hydrogen) atoms. The Hall–Kier alpha value is -1.90. The van der Waals surface area contributed by atoms with Gasteiger partial charge in [-0.15, -0.1) is 0 Å². The fourth-order valence-corrected chi connectivity index (χ4v) is 1.77. The number of carboxylic acid groups (broad SMARTS) is 1. The molecule has 0 amide bonds. The van der Waals surface area contributed by atoms with Crippen LogP contribution in [0.25, 0.3) is 5.57 Å². The molecule has 0 atom stereocenters. The molecule has 0 aliphatic heterocycles. The largest absolute Gasteiger partial charge is 0.475 e. The van der Waals surface area contributed by atoms with E-state index in [1.54, 1.807) is 0 Å². The molecule has 0 spiro atoms. The Morgan fingerprint density at radius 3 is 2.73 bits per heavy atom. The predicted molar refractivity (Wildman–Crippen MR) is 55.4 cm³/mol. The number of carboxylic acids is 1. The van der Waals surface area contributed by atoms with Gasteiger partial charge >= 0.3 is 5.97 Å². The molecule has 0 fully saturated rings. The van der Waals surface area contributed by atoms with E-state index in [1.165, 1.54) is 0 Å². The normalized spacial score (nSPS) is 13.2. The van der Waals surface area contributed by atoms with Gasteiger partial charge in [-0.3, -0.25) is 4.79 Å². The van der Waals surface area contributed by atoms with Crippen molar-refractivity contribution in [3.05, 3.63) is 41.5 Å². The lowest BCUT2D eigenvalue weighted by Gasteiger charge is -2.02. The van der Waals surface area contributed by atoms with Crippen LogP contribution in [0.2, 0.25) is 0 Å². The van der Waals surface area contributed by atoms with E-state index in [4.69, 9.17) is 5.11 Å². The molecule has 1 aromatic carbocycles. The van der Waals surface area contributed by atoms with Gasteiger partial charge in [-0.2, -0.15) is 0 Å². The van der Waals surface area contributed by atoms with Crippen molar-refractivity contribution in [1.29, 1.82) is 0 Å². The van der Waals surface area contributed by atoms with E-state index >= 15 is 0 Å². The molecule has 0 aromatic heterocycles. The lowest BCUT2D eigenvalue weighted by atomic mass is 10.0. The molecule has 0 saturated heterocycles. The third-order valence-corrected chi connectivity index (χ3v) is 2.52. The van der Waals surface area contributed by atoms with Crippen molar-refractivity contribution in [3.8, 4) is 0 Å². The minimum absolute atomic E-state index is 0.00759. The first kappa shape index (κ1) is 9.65. The Kier molecular flexibility index (Phi) is 2.37. The molecule has 1 aliphatic rings. The first-order chi connectivity index (χ1) is 7.18. The van der Waals surface area contributed by atoms with E-state index in [9.17, 15) is 9.59 Å². The number of carbonyl (C=O) groups is 2. The molecule has 0 radical (unpaired) electrons. The molecule has 1 N–H and O–H groups in total. The Morgan fingerprint density at radius 1 is 1.27 bits per heavy atom. The van der Waals surface area contributed by atoms with Gasteiger partial charge in [0.25, 0.3) is 0 Å². The Morgan fingerprint density at radius 2 is 2.00 bits per heavy atom. The minimum atomic E-state index is -1.36. The summed E-state index contributed by atoms with van der Waals surface area (Å²) in [5, 5.41) is 8.51. The topological polar surface area (TPSA) is 54.4 Å². The third-order valence-electron chi connectivity index (χ3n) is 2.52. The van der Waals surface area contributed by atoms with Crippen molar-refractivity contribution in [3.63, 3.8) is 0 Å².